The third kappa shape index (κ3) is 4.92. The van der Waals surface area contributed by atoms with Crippen LogP contribution in [0.2, 0.25) is 0 Å². The second kappa shape index (κ2) is 9.94. The van der Waals surface area contributed by atoms with E-state index >= 15 is 0 Å². The SMILES string of the molecule is CCOC(=O)c1c(NC(=O)/C=C/c2ccc(OC)c(OC)c2)sc(C)c1CC. The van der Waals surface area contributed by atoms with Crippen LogP contribution in [0.4, 0.5) is 5.00 Å². The lowest BCUT2D eigenvalue weighted by atomic mass is 10.1. The van der Waals surface area contributed by atoms with E-state index in [4.69, 9.17) is 14.2 Å². The molecule has 6 nitrogen and oxygen atoms in total. The Morgan fingerprint density at radius 2 is 1.86 bits per heavy atom. The van der Waals surface area contributed by atoms with Crippen molar-refractivity contribution in [3.8, 4) is 11.5 Å². The quantitative estimate of drug-likeness (QED) is 0.520. The van der Waals surface area contributed by atoms with E-state index in [-0.39, 0.29) is 12.5 Å². The van der Waals surface area contributed by atoms with Crippen molar-refractivity contribution in [3.63, 3.8) is 0 Å². The first-order valence-electron chi connectivity index (χ1n) is 8.95. The molecule has 1 aromatic carbocycles. The van der Waals surface area contributed by atoms with Gasteiger partial charge in [0.05, 0.1) is 26.4 Å². The zero-order valence-corrected chi connectivity index (χ0v) is 17.6. The first-order valence-corrected chi connectivity index (χ1v) is 9.77. The van der Waals surface area contributed by atoms with Crippen LogP contribution in [0.1, 0.15) is 40.2 Å². The Kier molecular flexibility index (Phi) is 7.63. The van der Waals surface area contributed by atoms with Gasteiger partial charge in [-0.3, -0.25) is 4.79 Å². The second-order valence-corrected chi connectivity index (χ2v) is 7.08. The lowest BCUT2D eigenvalue weighted by molar-refractivity contribution is -0.111. The number of aryl methyl sites for hydroxylation is 1. The van der Waals surface area contributed by atoms with Gasteiger partial charge in [0.25, 0.3) is 0 Å². The molecule has 0 radical (unpaired) electrons. The number of ether oxygens (including phenoxy) is 3. The van der Waals surface area contributed by atoms with Gasteiger partial charge in [0.1, 0.15) is 5.00 Å². The Hall–Kier alpha value is -2.80. The van der Waals surface area contributed by atoms with E-state index in [2.05, 4.69) is 5.32 Å². The summed E-state index contributed by atoms with van der Waals surface area (Å²) >= 11 is 1.38. The number of nitrogens with one attached hydrogen (secondary N) is 1. The molecule has 1 aromatic heterocycles. The number of amides is 1. The van der Waals surface area contributed by atoms with Crippen LogP contribution in [-0.4, -0.2) is 32.7 Å². The van der Waals surface area contributed by atoms with Gasteiger partial charge in [0, 0.05) is 11.0 Å². The molecular formula is C21H25NO5S. The predicted molar refractivity (Wildman–Crippen MR) is 112 cm³/mol. The molecule has 0 saturated carbocycles. The highest BCUT2D eigenvalue weighted by atomic mass is 32.1. The van der Waals surface area contributed by atoms with E-state index in [1.807, 2.05) is 19.9 Å². The molecule has 2 rings (SSSR count). The topological polar surface area (TPSA) is 73.9 Å². The average molecular weight is 404 g/mol. The van der Waals surface area contributed by atoms with E-state index in [0.29, 0.717) is 28.5 Å². The Bertz CT molecular complexity index is 885. The fourth-order valence-electron chi connectivity index (χ4n) is 2.79. The van der Waals surface area contributed by atoms with Gasteiger partial charge < -0.3 is 19.5 Å². The fourth-order valence-corrected chi connectivity index (χ4v) is 3.93. The van der Waals surface area contributed by atoms with Crippen molar-refractivity contribution >= 4 is 34.3 Å². The largest absolute Gasteiger partial charge is 0.493 e. The van der Waals surface area contributed by atoms with Gasteiger partial charge in [-0.2, -0.15) is 0 Å². The molecule has 0 saturated heterocycles. The van der Waals surface area contributed by atoms with Gasteiger partial charge in [-0.25, -0.2) is 4.79 Å². The van der Waals surface area contributed by atoms with Crippen molar-refractivity contribution in [3.05, 3.63) is 45.8 Å². The molecule has 7 heteroatoms. The Morgan fingerprint density at radius 3 is 2.46 bits per heavy atom. The van der Waals surface area contributed by atoms with Crippen molar-refractivity contribution in [2.45, 2.75) is 27.2 Å². The number of hydrogen-bond acceptors (Lipinski definition) is 6. The van der Waals surface area contributed by atoms with Crippen LogP contribution in [0.15, 0.2) is 24.3 Å². The molecular weight excluding hydrogens is 378 g/mol. The molecule has 2 aromatic rings. The minimum Gasteiger partial charge on any atom is -0.493 e. The molecule has 1 heterocycles. The summed E-state index contributed by atoms with van der Waals surface area (Å²) in [5, 5.41) is 3.31. The molecule has 150 valence electrons. The van der Waals surface area contributed by atoms with E-state index in [1.165, 1.54) is 17.4 Å². The van der Waals surface area contributed by atoms with Gasteiger partial charge in [-0.15, -0.1) is 11.3 Å². The summed E-state index contributed by atoms with van der Waals surface area (Å²) in [5.74, 6) is 0.451. The van der Waals surface area contributed by atoms with Crippen LogP contribution in [0, 0.1) is 6.92 Å². The number of rotatable bonds is 8. The molecule has 1 N–H and O–H groups in total. The average Bonchev–Trinajstić information content (AvgIpc) is 3.00. The number of hydrogen-bond donors (Lipinski definition) is 1. The number of carbonyl (C=O) groups is 2. The van der Waals surface area contributed by atoms with Crippen LogP contribution in [0.25, 0.3) is 6.08 Å². The number of methoxy groups -OCH3 is 2. The third-order valence-corrected chi connectivity index (χ3v) is 5.18. The van der Waals surface area contributed by atoms with Crippen molar-refractivity contribution in [2.24, 2.45) is 0 Å². The first kappa shape index (κ1) is 21.5. The standard InChI is InChI=1S/C21H25NO5S/c1-6-15-13(3)28-20(19(15)21(24)27-7-2)22-18(23)11-9-14-8-10-16(25-4)17(12-14)26-5/h8-12H,6-7H2,1-5H3,(H,22,23)/b11-9+. The lowest BCUT2D eigenvalue weighted by Gasteiger charge is -2.08. The first-order chi connectivity index (χ1) is 13.4. The van der Waals surface area contributed by atoms with Gasteiger partial charge in [-0.05, 0) is 49.6 Å². The molecule has 0 bridgehead atoms. The Labute approximate surface area is 169 Å². The molecule has 0 unspecified atom stereocenters. The molecule has 0 aliphatic carbocycles. The summed E-state index contributed by atoms with van der Waals surface area (Å²) in [6, 6.07) is 5.36. The number of esters is 1. The van der Waals surface area contributed by atoms with Crippen LogP contribution < -0.4 is 14.8 Å². The third-order valence-electron chi connectivity index (χ3n) is 4.11. The molecule has 0 atom stereocenters. The Morgan fingerprint density at radius 1 is 1.14 bits per heavy atom. The molecule has 0 aliphatic rings. The molecule has 0 aliphatic heterocycles. The summed E-state index contributed by atoms with van der Waals surface area (Å²) in [4.78, 5) is 25.7. The predicted octanol–water partition coefficient (Wildman–Crippen LogP) is 4.46. The monoisotopic (exact) mass is 403 g/mol. The normalized spacial score (nSPS) is 10.8. The summed E-state index contributed by atoms with van der Waals surface area (Å²) in [7, 11) is 3.12. The van der Waals surface area contributed by atoms with Crippen molar-refractivity contribution in [2.75, 3.05) is 26.1 Å². The minimum atomic E-state index is -0.414. The fraction of sp³-hybridized carbons (Fsp3) is 0.333. The maximum Gasteiger partial charge on any atom is 0.341 e. The maximum absolute atomic E-state index is 12.4. The Balaban J connectivity index is 2.21. The zero-order chi connectivity index (χ0) is 20.7. The van der Waals surface area contributed by atoms with Crippen LogP contribution in [0.5, 0.6) is 11.5 Å². The van der Waals surface area contributed by atoms with Crippen LogP contribution in [-0.2, 0) is 16.0 Å². The van der Waals surface area contributed by atoms with Crippen LogP contribution in [0.3, 0.4) is 0 Å². The van der Waals surface area contributed by atoms with E-state index in [1.54, 1.807) is 39.4 Å². The molecule has 0 spiro atoms. The summed E-state index contributed by atoms with van der Waals surface area (Å²) < 4.78 is 15.6. The van der Waals surface area contributed by atoms with Gasteiger partial charge >= 0.3 is 5.97 Å². The summed E-state index contributed by atoms with van der Waals surface area (Å²) in [5.41, 5.74) is 2.14. The van der Waals surface area contributed by atoms with Crippen molar-refractivity contribution in [1.29, 1.82) is 0 Å². The molecule has 1 amide bonds. The number of thiophene rings is 1. The number of anilines is 1. The van der Waals surface area contributed by atoms with Crippen LogP contribution >= 0.6 is 11.3 Å². The highest BCUT2D eigenvalue weighted by molar-refractivity contribution is 7.16. The maximum atomic E-state index is 12.4. The van der Waals surface area contributed by atoms with Gasteiger partial charge in [0.2, 0.25) is 5.91 Å². The molecule has 0 fully saturated rings. The summed E-state index contributed by atoms with van der Waals surface area (Å²) in [6.07, 6.45) is 3.77. The van der Waals surface area contributed by atoms with E-state index in [0.717, 1.165) is 16.0 Å². The number of carbonyl (C=O) groups excluding carboxylic acids is 2. The minimum absolute atomic E-state index is 0.281. The van der Waals surface area contributed by atoms with Gasteiger partial charge in [-0.1, -0.05) is 13.0 Å². The van der Waals surface area contributed by atoms with Crippen molar-refractivity contribution in [1.82, 2.24) is 0 Å². The van der Waals surface area contributed by atoms with Crippen molar-refractivity contribution < 1.29 is 23.8 Å². The highest BCUT2D eigenvalue weighted by Crippen LogP contribution is 2.34. The highest BCUT2D eigenvalue weighted by Gasteiger charge is 2.23. The molecule has 28 heavy (non-hydrogen) atoms. The second-order valence-electron chi connectivity index (χ2n) is 5.85. The lowest BCUT2D eigenvalue weighted by Crippen LogP contribution is -2.13. The number of benzene rings is 1. The van der Waals surface area contributed by atoms with Gasteiger partial charge in [0.15, 0.2) is 11.5 Å². The summed E-state index contributed by atoms with van der Waals surface area (Å²) in [6.45, 7) is 5.94. The van der Waals surface area contributed by atoms with E-state index < -0.39 is 5.97 Å². The zero-order valence-electron chi connectivity index (χ0n) is 16.8. The smallest absolute Gasteiger partial charge is 0.341 e. The van der Waals surface area contributed by atoms with E-state index in [9.17, 15) is 9.59 Å².